The zero-order chi connectivity index (χ0) is 23.6. The lowest BCUT2D eigenvalue weighted by molar-refractivity contribution is -0.121. The van der Waals surface area contributed by atoms with Crippen molar-refractivity contribution < 1.29 is 13.2 Å². The van der Waals surface area contributed by atoms with Crippen molar-refractivity contribution >= 4 is 44.1 Å². The molecule has 1 N–H and O–H groups in total. The van der Waals surface area contributed by atoms with Crippen LogP contribution in [0.2, 0.25) is 5.02 Å². The lowest BCUT2D eigenvalue weighted by Crippen LogP contribution is -2.24. The molecule has 0 radical (unpaired) electrons. The lowest BCUT2D eigenvalue weighted by atomic mass is 10.1. The Labute approximate surface area is 196 Å². The van der Waals surface area contributed by atoms with Crippen LogP contribution in [0.15, 0.2) is 82.8 Å². The van der Waals surface area contributed by atoms with Gasteiger partial charge >= 0.3 is 0 Å². The summed E-state index contributed by atoms with van der Waals surface area (Å²) in [6, 6.07) is 21.2. The number of nitrogens with zero attached hydrogens (tertiary/aromatic N) is 3. The molecule has 1 amide bonds. The van der Waals surface area contributed by atoms with Crippen LogP contribution in [0.4, 0.5) is 0 Å². The molecule has 0 aliphatic carbocycles. The number of benzene rings is 3. The second kappa shape index (κ2) is 9.17. The molecule has 168 valence electrons. The third-order valence-electron chi connectivity index (χ3n) is 5.09. The van der Waals surface area contributed by atoms with Gasteiger partial charge in [0, 0.05) is 16.8 Å². The maximum atomic E-state index is 12.8. The fourth-order valence-electron chi connectivity index (χ4n) is 3.40. The number of fused-ring (bicyclic) bond motifs is 1. The number of amides is 1. The molecule has 0 atom stereocenters. The summed E-state index contributed by atoms with van der Waals surface area (Å²) < 4.78 is 25.4. The average Bonchev–Trinajstić information content (AvgIpc) is 3.14. The smallest absolute Gasteiger partial charge is 0.260 e. The number of rotatable bonds is 6. The molecule has 0 aliphatic heterocycles. The van der Waals surface area contributed by atoms with Gasteiger partial charge in [-0.25, -0.2) is 18.8 Å². The Morgan fingerprint density at radius 1 is 1.06 bits per heavy atom. The molecular formula is C24H21ClN4O3S. The van der Waals surface area contributed by atoms with Gasteiger partial charge in [0.25, 0.3) is 5.91 Å². The van der Waals surface area contributed by atoms with Gasteiger partial charge in [-0.2, -0.15) is 5.10 Å². The number of carbonyl (C=O) groups is 1. The van der Waals surface area contributed by atoms with Crippen molar-refractivity contribution in [2.45, 2.75) is 18.4 Å². The summed E-state index contributed by atoms with van der Waals surface area (Å²) in [6.07, 6.45) is 1.15. The van der Waals surface area contributed by atoms with Crippen LogP contribution < -0.4 is 5.43 Å². The van der Waals surface area contributed by atoms with Crippen molar-refractivity contribution in [2.75, 3.05) is 6.26 Å². The summed E-state index contributed by atoms with van der Waals surface area (Å²) in [7, 11) is -3.32. The number of aromatic nitrogens is 2. The molecule has 0 saturated heterocycles. The van der Waals surface area contributed by atoms with E-state index in [1.807, 2.05) is 37.3 Å². The summed E-state index contributed by atoms with van der Waals surface area (Å²) in [5.74, 6) is 0.194. The van der Waals surface area contributed by atoms with Gasteiger partial charge < -0.3 is 4.57 Å². The first kappa shape index (κ1) is 22.7. The van der Waals surface area contributed by atoms with Gasteiger partial charge in [0.15, 0.2) is 9.84 Å². The first-order valence-electron chi connectivity index (χ1n) is 10.1. The van der Waals surface area contributed by atoms with E-state index in [-0.39, 0.29) is 17.3 Å². The van der Waals surface area contributed by atoms with Crippen molar-refractivity contribution in [3.8, 4) is 11.4 Å². The summed E-state index contributed by atoms with van der Waals surface area (Å²) >= 11 is 6.13. The third kappa shape index (κ3) is 5.13. The van der Waals surface area contributed by atoms with Gasteiger partial charge in [-0.3, -0.25) is 4.79 Å². The Balaban J connectivity index is 1.67. The third-order valence-corrected chi connectivity index (χ3v) is 6.46. The quantitative estimate of drug-likeness (QED) is 0.329. The highest BCUT2D eigenvalue weighted by Gasteiger charge is 2.17. The first-order valence-corrected chi connectivity index (χ1v) is 12.3. The highest BCUT2D eigenvalue weighted by atomic mass is 35.5. The summed E-state index contributed by atoms with van der Waals surface area (Å²) in [5, 5.41) is 4.73. The van der Waals surface area contributed by atoms with Crippen LogP contribution in [-0.2, 0) is 21.2 Å². The van der Waals surface area contributed by atoms with E-state index in [1.165, 1.54) is 12.1 Å². The zero-order valence-electron chi connectivity index (χ0n) is 18.0. The molecule has 33 heavy (non-hydrogen) atoms. The molecule has 3 aromatic carbocycles. The largest absolute Gasteiger partial charge is 0.314 e. The fourth-order valence-corrected chi connectivity index (χ4v) is 4.20. The van der Waals surface area contributed by atoms with Crippen molar-refractivity contribution in [2.24, 2.45) is 5.10 Å². The van der Waals surface area contributed by atoms with Crippen LogP contribution in [0.25, 0.3) is 22.4 Å². The van der Waals surface area contributed by atoms with Crippen molar-refractivity contribution in [1.82, 2.24) is 15.0 Å². The molecule has 0 aliphatic rings. The number of hydrogen-bond acceptors (Lipinski definition) is 5. The van der Waals surface area contributed by atoms with E-state index < -0.39 is 9.84 Å². The minimum absolute atomic E-state index is 0.0349. The lowest BCUT2D eigenvalue weighted by Gasteiger charge is -2.09. The van der Waals surface area contributed by atoms with E-state index in [0.717, 1.165) is 17.3 Å². The molecule has 0 fully saturated rings. The van der Waals surface area contributed by atoms with E-state index in [2.05, 4.69) is 15.5 Å². The molecule has 0 spiro atoms. The van der Waals surface area contributed by atoms with Crippen LogP contribution in [0.5, 0.6) is 0 Å². The molecule has 0 saturated carbocycles. The maximum Gasteiger partial charge on any atom is 0.260 e. The standard InChI is InChI=1S/C24H21ClN4O3S/c1-16(17-6-4-3-5-7-17)27-28-23(30)15-29-22-13-10-19(25)14-21(22)26-24(29)18-8-11-20(12-9-18)33(2,31)32/h3-14H,15H2,1-2H3,(H,28,30)/b27-16+. The van der Waals surface area contributed by atoms with Crippen LogP contribution in [0, 0.1) is 0 Å². The minimum Gasteiger partial charge on any atom is -0.314 e. The van der Waals surface area contributed by atoms with Crippen LogP contribution in [0.3, 0.4) is 0 Å². The second-order valence-electron chi connectivity index (χ2n) is 7.55. The first-order chi connectivity index (χ1) is 15.7. The number of imidazole rings is 1. The van der Waals surface area contributed by atoms with E-state index in [1.54, 1.807) is 34.9 Å². The number of halogens is 1. The van der Waals surface area contributed by atoms with Crippen LogP contribution in [0.1, 0.15) is 12.5 Å². The number of hydrogen-bond donors (Lipinski definition) is 1. The predicted octanol–water partition coefficient (Wildman–Crippen LogP) is 4.30. The minimum atomic E-state index is -3.32. The van der Waals surface area contributed by atoms with Crippen LogP contribution in [-0.4, -0.2) is 35.8 Å². The van der Waals surface area contributed by atoms with Crippen LogP contribution >= 0.6 is 11.6 Å². The highest BCUT2D eigenvalue weighted by Crippen LogP contribution is 2.27. The Hall–Kier alpha value is -3.49. The highest BCUT2D eigenvalue weighted by molar-refractivity contribution is 7.90. The van der Waals surface area contributed by atoms with Gasteiger partial charge in [-0.05, 0) is 55.0 Å². The Morgan fingerprint density at radius 3 is 2.42 bits per heavy atom. The van der Waals surface area contributed by atoms with Gasteiger partial charge in [-0.1, -0.05) is 41.9 Å². The van der Waals surface area contributed by atoms with E-state index >= 15 is 0 Å². The monoisotopic (exact) mass is 480 g/mol. The normalized spacial score (nSPS) is 12.2. The summed E-state index contributed by atoms with van der Waals surface area (Å²) in [6.45, 7) is 1.78. The van der Waals surface area contributed by atoms with Crippen molar-refractivity contribution in [1.29, 1.82) is 0 Å². The van der Waals surface area contributed by atoms with Crippen molar-refractivity contribution in [3.63, 3.8) is 0 Å². The van der Waals surface area contributed by atoms with Gasteiger partial charge in [-0.15, -0.1) is 0 Å². The number of hydrazone groups is 1. The van der Waals surface area contributed by atoms with E-state index in [0.29, 0.717) is 27.6 Å². The number of sulfone groups is 1. The van der Waals surface area contributed by atoms with Gasteiger partial charge in [0.1, 0.15) is 12.4 Å². The molecular weight excluding hydrogens is 460 g/mol. The van der Waals surface area contributed by atoms with E-state index in [9.17, 15) is 13.2 Å². The molecule has 1 heterocycles. The topological polar surface area (TPSA) is 93.4 Å². The SMILES string of the molecule is C/C(=N\NC(=O)Cn1c(-c2ccc(S(C)(=O)=O)cc2)nc2cc(Cl)ccc21)c1ccccc1. The zero-order valence-corrected chi connectivity index (χ0v) is 19.6. The van der Waals surface area contributed by atoms with E-state index in [4.69, 9.17) is 11.6 Å². The second-order valence-corrected chi connectivity index (χ2v) is 10.0. The fraction of sp³-hybridized carbons (Fsp3) is 0.125. The molecule has 0 bridgehead atoms. The molecule has 1 aromatic heterocycles. The summed E-state index contributed by atoms with van der Waals surface area (Å²) in [5.41, 5.74) is 6.21. The molecule has 7 nitrogen and oxygen atoms in total. The number of nitrogens with one attached hydrogen (secondary N) is 1. The average molecular weight is 481 g/mol. The Bertz CT molecular complexity index is 1460. The molecule has 4 aromatic rings. The summed E-state index contributed by atoms with van der Waals surface area (Å²) in [4.78, 5) is 17.6. The van der Waals surface area contributed by atoms with Gasteiger partial charge in [0.05, 0.1) is 21.6 Å². The molecule has 0 unspecified atom stereocenters. The van der Waals surface area contributed by atoms with Crippen molar-refractivity contribution in [3.05, 3.63) is 83.4 Å². The molecule has 9 heteroatoms. The molecule has 4 rings (SSSR count). The number of carbonyl (C=O) groups excluding carboxylic acids is 1. The Morgan fingerprint density at radius 2 is 1.76 bits per heavy atom. The van der Waals surface area contributed by atoms with Gasteiger partial charge in [0.2, 0.25) is 0 Å². The maximum absolute atomic E-state index is 12.8. The predicted molar refractivity (Wildman–Crippen MR) is 130 cm³/mol. The Kier molecular flexibility index (Phi) is 6.31.